The van der Waals surface area contributed by atoms with Crippen LogP contribution in [0.1, 0.15) is 290 Å². The molecule has 0 aliphatic heterocycles. The summed E-state index contributed by atoms with van der Waals surface area (Å²) in [5.74, 6) is -0.929. The van der Waals surface area contributed by atoms with Crippen LogP contribution in [0.2, 0.25) is 0 Å². The van der Waals surface area contributed by atoms with Crippen molar-refractivity contribution in [3.05, 3.63) is 122 Å². The molecule has 0 fully saturated rings. The second-order valence-corrected chi connectivity index (χ2v) is 20.9. The highest BCUT2D eigenvalue weighted by Crippen LogP contribution is 2.15. The molecule has 1 unspecified atom stereocenters. The van der Waals surface area contributed by atoms with Crippen LogP contribution in [0.3, 0.4) is 0 Å². The van der Waals surface area contributed by atoms with E-state index in [0.717, 1.165) is 122 Å². The fraction of sp³-hybridized carbons (Fsp3) is 0.676. The fourth-order valence-corrected chi connectivity index (χ4v) is 8.67. The summed E-state index contributed by atoms with van der Waals surface area (Å²) < 4.78 is 16.9. The molecule has 6 heteroatoms. The number of allylic oxidation sites excluding steroid dienone is 20. The summed E-state index contributed by atoms with van der Waals surface area (Å²) in [6.07, 6.45) is 89.2. The minimum atomic E-state index is -0.796. The molecule has 438 valence electrons. The number of carbonyl (C=O) groups is 3. The lowest BCUT2D eigenvalue weighted by atomic mass is 10.0. The molecule has 0 radical (unpaired) electrons. The van der Waals surface area contributed by atoms with E-state index in [9.17, 15) is 14.4 Å². The van der Waals surface area contributed by atoms with E-state index in [0.29, 0.717) is 19.3 Å². The predicted octanol–water partition coefficient (Wildman–Crippen LogP) is 22.0. The van der Waals surface area contributed by atoms with E-state index >= 15 is 0 Å². The van der Waals surface area contributed by atoms with E-state index in [1.807, 2.05) is 0 Å². The largest absolute Gasteiger partial charge is 0.462 e. The normalized spacial score (nSPS) is 12.9. The molecule has 0 aromatic rings. The number of esters is 3. The molecule has 0 spiro atoms. The van der Waals surface area contributed by atoms with E-state index in [4.69, 9.17) is 14.2 Å². The van der Waals surface area contributed by atoms with Crippen molar-refractivity contribution in [3.63, 3.8) is 0 Å². The summed E-state index contributed by atoms with van der Waals surface area (Å²) >= 11 is 0. The Kier molecular flexibility index (Phi) is 60.8. The summed E-state index contributed by atoms with van der Waals surface area (Å²) in [4.78, 5) is 38.2. The Morgan fingerprint density at radius 3 is 0.805 bits per heavy atom. The second-order valence-electron chi connectivity index (χ2n) is 20.9. The third-order valence-electron chi connectivity index (χ3n) is 13.5. The van der Waals surface area contributed by atoms with Gasteiger partial charge in [0.25, 0.3) is 0 Å². The Balaban J connectivity index is 4.32. The zero-order chi connectivity index (χ0) is 55.7. The van der Waals surface area contributed by atoms with Crippen LogP contribution in [-0.4, -0.2) is 37.2 Å². The van der Waals surface area contributed by atoms with E-state index in [1.54, 1.807) is 0 Å². The quantitative estimate of drug-likeness (QED) is 0.0261. The highest BCUT2D eigenvalue weighted by molar-refractivity contribution is 5.71. The SMILES string of the molecule is CC/C=C\C/C=C\C/C=C\C/C=C\C/C=C\C/C=C\C/C=C\CCCCCC(=O)OCC(COC(=O)CCCCCCCCCCC)OC(=O)CCCCCCCCCCCC/C=C\C/C=C\C/C=C\CCCCCCC. The molecule has 0 aliphatic carbocycles. The van der Waals surface area contributed by atoms with Crippen LogP contribution in [0, 0.1) is 0 Å². The number of rotatable bonds is 57. The summed E-state index contributed by atoms with van der Waals surface area (Å²) in [6, 6.07) is 0. The zero-order valence-electron chi connectivity index (χ0n) is 50.2. The number of carbonyl (C=O) groups excluding carboxylic acids is 3. The molecule has 0 aliphatic rings. The zero-order valence-corrected chi connectivity index (χ0v) is 50.2. The van der Waals surface area contributed by atoms with Gasteiger partial charge in [0, 0.05) is 19.3 Å². The van der Waals surface area contributed by atoms with Crippen molar-refractivity contribution in [1.29, 1.82) is 0 Å². The van der Waals surface area contributed by atoms with Crippen molar-refractivity contribution in [3.8, 4) is 0 Å². The van der Waals surface area contributed by atoms with Gasteiger partial charge in [-0.2, -0.15) is 0 Å². The van der Waals surface area contributed by atoms with Crippen LogP contribution < -0.4 is 0 Å². The van der Waals surface area contributed by atoms with Gasteiger partial charge in [-0.15, -0.1) is 0 Å². The fourth-order valence-electron chi connectivity index (χ4n) is 8.67. The Morgan fingerprint density at radius 1 is 0.273 bits per heavy atom. The van der Waals surface area contributed by atoms with Gasteiger partial charge in [-0.05, 0) is 116 Å². The molecule has 0 N–H and O–H groups in total. The molecular weight excluding hydrogens is 949 g/mol. The molecule has 0 amide bonds. The highest BCUT2D eigenvalue weighted by atomic mass is 16.6. The maximum atomic E-state index is 12.9. The second kappa shape index (κ2) is 64.3. The van der Waals surface area contributed by atoms with Crippen molar-refractivity contribution in [2.75, 3.05) is 13.2 Å². The molecular formula is C71H118O6. The first-order valence-corrected chi connectivity index (χ1v) is 32.0. The lowest BCUT2D eigenvalue weighted by Crippen LogP contribution is -2.30. The molecule has 1 atom stereocenters. The third kappa shape index (κ3) is 62.5. The number of unbranched alkanes of at least 4 members (excludes halogenated alkanes) is 26. The van der Waals surface area contributed by atoms with E-state index in [2.05, 4.69) is 142 Å². The minimum absolute atomic E-state index is 0.0911. The first kappa shape index (κ1) is 72.8. The maximum absolute atomic E-state index is 12.9. The average molecular weight is 1070 g/mol. The van der Waals surface area contributed by atoms with Crippen molar-refractivity contribution in [2.45, 2.75) is 297 Å². The molecule has 6 nitrogen and oxygen atoms in total. The topological polar surface area (TPSA) is 78.9 Å². The van der Waals surface area contributed by atoms with Gasteiger partial charge in [-0.3, -0.25) is 14.4 Å². The van der Waals surface area contributed by atoms with E-state index < -0.39 is 6.10 Å². The molecule has 0 saturated heterocycles. The van der Waals surface area contributed by atoms with Crippen LogP contribution in [0.5, 0.6) is 0 Å². The first-order chi connectivity index (χ1) is 38.0. The van der Waals surface area contributed by atoms with Crippen LogP contribution in [0.4, 0.5) is 0 Å². The van der Waals surface area contributed by atoms with Crippen LogP contribution in [0.15, 0.2) is 122 Å². The van der Waals surface area contributed by atoms with Gasteiger partial charge in [0.05, 0.1) is 0 Å². The van der Waals surface area contributed by atoms with Crippen molar-refractivity contribution in [2.24, 2.45) is 0 Å². The minimum Gasteiger partial charge on any atom is -0.462 e. The molecule has 0 saturated carbocycles. The average Bonchev–Trinajstić information content (AvgIpc) is 3.43. The van der Waals surface area contributed by atoms with Crippen molar-refractivity contribution in [1.82, 2.24) is 0 Å². The van der Waals surface area contributed by atoms with Gasteiger partial charge in [0.2, 0.25) is 0 Å². The van der Waals surface area contributed by atoms with E-state index in [-0.39, 0.29) is 31.1 Å². The van der Waals surface area contributed by atoms with Gasteiger partial charge in [0.1, 0.15) is 13.2 Å². The predicted molar refractivity (Wildman–Crippen MR) is 334 cm³/mol. The van der Waals surface area contributed by atoms with Crippen LogP contribution in [0.25, 0.3) is 0 Å². The lowest BCUT2D eigenvalue weighted by Gasteiger charge is -2.18. The summed E-state index contributed by atoms with van der Waals surface area (Å²) in [7, 11) is 0. The number of ether oxygens (including phenoxy) is 3. The molecule has 77 heavy (non-hydrogen) atoms. The Bertz CT molecular complexity index is 1600. The molecule has 0 aromatic heterocycles. The molecule has 0 bridgehead atoms. The van der Waals surface area contributed by atoms with Crippen LogP contribution >= 0.6 is 0 Å². The van der Waals surface area contributed by atoms with Crippen molar-refractivity contribution < 1.29 is 28.6 Å². The van der Waals surface area contributed by atoms with Gasteiger partial charge in [-0.1, -0.05) is 277 Å². The summed E-state index contributed by atoms with van der Waals surface area (Å²) in [6.45, 7) is 6.47. The number of hydrogen-bond donors (Lipinski definition) is 0. The third-order valence-corrected chi connectivity index (χ3v) is 13.5. The standard InChI is InChI=1S/C71H118O6/c1-4-7-10-13-16-19-21-23-25-27-29-31-33-35-37-39-41-43-45-47-49-52-55-58-61-64-70(73)76-67-68(66-75-69(72)63-60-57-54-51-18-15-12-9-6-3)77-71(74)65-62-59-56-53-50-48-46-44-42-40-38-36-34-32-30-28-26-24-22-20-17-14-11-8-5-2/h7,10,16,19,22-25,28-31,34-37,41,43,47,49,68H,4-6,8-9,11-15,17-18,20-21,26-27,32-33,38-40,42,44-46,48,50-67H2,1-3H3/b10-7-,19-16-,24-22-,25-23-,30-28-,31-29-,36-34-,37-35-,43-41-,49-47-. The Hall–Kier alpha value is -4.19. The monoisotopic (exact) mass is 1070 g/mol. The van der Waals surface area contributed by atoms with Gasteiger partial charge < -0.3 is 14.2 Å². The molecule has 0 aromatic carbocycles. The summed E-state index contributed by atoms with van der Waals surface area (Å²) in [5, 5.41) is 0. The van der Waals surface area contributed by atoms with Gasteiger partial charge in [-0.25, -0.2) is 0 Å². The number of hydrogen-bond acceptors (Lipinski definition) is 6. The van der Waals surface area contributed by atoms with Gasteiger partial charge >= 0.3 is 17.9 Å². The summed E-state index contributed by atoms with van der Waals surface area (Å²) in [5.41, 5.74) is 0. The molecule has 0 heterocycles. The smallest absolute Gasteiger partial charge is 0.306 e. The first-order valence-electron chi connectivity index (χ1n) is 32.0. The van der Waals surface area contributed by atoms with Gasteiger partial charge in [0.15, 0.2) is 6.10 Å². The lowest BCUT2D eigenvalue weighted by molar-refractivity contribution is -0.167. The Morgan fingerprint density at radius 2 is 0.506 bits per heavy atom. The van der Waals surface area contributed by atoms with Crippen LogP contribution in [-0.2, 0) is 28.6 Å². The maximum Gasteiger partial charge on any atom is 0.306 e. The highest BCUT2D eigenvalue weighted by Gasteiger charge is 2.19. The molecule has 0 rings (SSSR count). The Labute approximate surface area is 475 Å². The van der Waals surface area contributed by atoms with E-state index in [1.165, 1.54) is 128 Å². The van der Waals surface area contributed by atoms with Crippen molar-refractivity contribution >= 4 is 17.9 Å².